The van der Waals surface area contributed by atoms with E-state index in [0.717, 1.165) is 16.5 Å². The number of carbonyl (C=O) groups excluding carboxylic acids is 1. The highest BCUT2D eigenvalue weighted by atomic mass is 16.4. The minimum Gasteiger partial charge on any atom is -0.423 e. The maximum atomic E-state index is 12.5. The van der Waals surface area contributed by atoms with Gasteiger partial charge in [-0.2, -0.15) is 0 Å². The first-order chi connectivity index (χ1) is 12.0. The van der Waals surface area contributed by atoms with Gasteiger partial charge in [0.15, 0.2) is 0 Å². The van der Waals surface area contributed by atoms with Gasteiger partial charge in [0, 0.05) is 30.3 Å². The number of amides is 2. The normalized spacial score (nSPS) is 12.0. The second kappa shape index (κ2) is 6.81. The van der Waals surface area contributed by atoms with Crippen LogP contribution in [0.3, 0.4) is 0 Å². The summed E-state index contributed by atoms with van der Waals surface area (Å²) in [5.74, 6) is 0. The van der Waals surface area contributed by atoms with Crippen LogP contribution in [-0.2, 0) is 0 Å². The monoisotopic (exact) mass is 336 g/mol. The van der Waals surface area contributed by atoms with E-state index in [-0.39, 0.29) is 12.1 Å². The first kappa shape index (κ1) is 16.8. The minimum atomic E-state index is -0.400. The Bertz CT molecular complexity index is 964. The SMILES string of the molecule is Cc1cc(=O)oc2cc(NC(=O)N(C)[C@H](C)c3ccccc3)ccc12. The fourth-order valence-electron chi connectivity index (χ4n) is 2.75. The van der Waals surface area contributed by atoms with Crippen molar-refractivity contribution in [3.8, 4) is 0 Å². The van der Waals surface area contributed by atoms with E-state index in [0.29, 0.717) is 11.3 Å². The Kier molecular flexibility index (Phi) is 4.57. The van der Waals surface area contributed by atoms with E-state index in [1.54, 1.807) is 24.1 Å². The zero-order valence-electron chi connectivity index (χ0n) is 14.4. The first-order valence-corrected chi connectivity index (χ1v) is 8.09. The van der Waals surface area contributed by atoms with Crippen LogP contribution in [-0.4, -0.2) is 18.0 Å². The van der Waals surface area contributed by atoms with E-state index in [2.05, 4.69) is 5.32 Å². The van der Waals surface area contributed by atoms with Crippen molar-refractivity contribution in [2.45, 2.75) is 19.9 Å². The van der Waals surface area contributed by atoms with Crippen molar-refractivity contribution in [1.82, 2.24) is 4.90 Å². The van der Waals surface area contributed by atoms with Gasteiger partial charge >= 0.3 is 11.7 Å². The molecule has 0 radical (unpaired) electrons. The highest BCUT2D eigenvalue weighted by Crippen LogP contribution is 2.23. The molecule has 5 heteroatoms. The Morgan fingerprint density at radius 1 is 1.12 bits per heavy atom. The van der Waals surface area contributed by atoms with E-state index in [1.807, 2.05) is 50.2 Å². The summed E-state index contributed by atoms with van der Waals surface area (Å²) >= 11 is 0. The van der Waals surface area contributed by atoms with Crippen molar-refractivity contribution in [2.75, 3.05) is 12.4 Å². The molecule has 0 spiro atoms. The van der Waals surface area contributed by atoms with Gasteiger partial charge in [-0.05, 0) is 37.1 Å². The molecular formula is C20H20N2O3. The lowest BCUT2D eigenvalue weighted by molar-refractivity contribution is 0.208. The predicted octanol–water partition coefficient (Wildman–Crippen LogP) is 4.33. The maximum absolute atomic E-state index is 12.5. The van der Waals surface area contributed by atoms with Crippen LogP contribution in [0.4, 0.5) is 10.5 Å². The van der Waals surface area contributed by atoms with Gasteiger partial charge in [0.1, 0.15) is 5.58 Å². The van der Waals surface area contributed by atoms with Gasteiger partial charge in [0.2, 0.25) is 0 Å². The van der Waals surface area contributed by atoms with Crippen LogP contribution in [0.25, 0.3) is 11.0 Å². The van der Waals surface area contributed by atoms with Crippen molar-refractivity contribution >= 4 is 22.7 Å². The number of anilines is 1. The molecule has 0 aliphatic rings. The van der Waals surface area contributed by atoms with Crippen molar-refractivity contribution in [2.24, 2.45) is 0 Å². The van der Waals surface area contributed by atoms with Crippen LogP contribution in [0.5, 0.6) is 0 Å². The summed E-state index contributed by atoms with van der Waals surface area (Å²) in [6.45, 7) is 3.82. The fourth-order valence-corrected chi connectivity index (χ4v) is 2.75. The van der Waals surface area contributed by atoms with Gasteiger partial charge in [-0.15, -0.1) is 0 Å². The third kappa shape index (κ3) is 3.55. The van der Waals surface area contributed by atoms with Crippen LogP contribution in [0.2, 0.25) is 0 Å². The molecule has 0 saturated heterocycles. The van der Waals surface area contributed by atoms with Gasteiger partial charge in [-0.3, -0.25) is 0 Å². The van der Waals surface area contributed by atoms with E-state index >= 15 is 0 Å². The molecule has 2 aromatic carbocycles. The van der Waals surface area contributed by atoms with Crippen LogP contribution in [0, 0.1) is 6.92 Å². The Balaban J connectivity index is 1.80. The van der Waals surface area contributed by atoms with Crippen molar-refractivity contribution in [3.63, 3.8) is 0 Å². The number of hydrogen-bond acceptors (Lipinski definition) is 3. The Morgan fingerprint density at radius 2 is 1.84 bits per heavy atom. The molecule has 128 valence electrons. The third-order valence-corrected chi connectivity index (χ3v) is 4.39. The van der Waals surface area contributed by atoms with Crippen LogP contribution >= 0.6 is 0 Å². The molecule has 0 aliphatic carbocycles. The number of nitrogens with zero attached hydrogens (tertiary/aromatic N) is 1. The average molecular weight is 336 g/mol. The maximum Gasteiger partial charge on any atom is 0.336 e. The van der Waals surface area contributed by atoms with Gasteiger partial charge in [0.05, 0.1) is 6.04 Å². The molecule has 2 amide bonds. The summed E-state index contributed by atoms with van der Waals surface area (Å²) in [6, 6.07) is 16.3. The number of aryl methyl sites for hydroxylation is 1. The van der Waals surface area contributed by atoms with E-state index in [4.69, 9.17) is 4.42 Å². The zero-order valence-corrected chi connectivity index (χ0v) is 14.4. The zero-order chi connectivity index (χ0) is 18.0. The molecule has 5 nitrogen and oxygen atoms in total. The quantitative estimate of drug-likeness (QED) is 0.724. The number of hydrogen-bond donors (Lipinski definition) is 1. The topological polar surface area (TPSA) is 62.6 Å². The largest absolute Gasteiger partial charge is 0.423 e. The second-order valence-electron chi connectivity index (χ2n) is 6.09. The molecular weight excluding hydrogens is 316 g/mol. The van der Waals surface area contributed by atoms with Crippen LogP contribution in [0.1, 0.15) is 24.1 Å². The molecule has 1 N–H and O–H groups in total. The molecule has 1 heterocycles. The average Bonchev–Trinajstić information content (AvgIpc) is 2.60. The molecule has 25 heavy (non-hydrogen) atoms. The number of benzene rings is 2. The lowest BCUT2D eigenvalue weighted by Gasteiger charge is -2.25. The Hall–Kier alpha value is -3.08. The van der Waals surface area contributed by atoms with E-state index in [1.165, 1.54) is 6.07 Å². The summed E-state index contributed by atoms with van der Waals surface area (Å²) in [4.78, 5) is 25.7. The van der Waals surface area contributed by atoms with Gasteiger partial charge in [0.25, 0.3) is 0 Å². The smallest absolute Gasteiger partial charge is 0.336 e. The summed E-state index contributed by atoms with van der Waals surface area (Å²) in [6.07, 6.45) is 0. The lowest BCUT2D eigenvalue weighted by atomic mass is 10.1. The standard InChI is InChI=1S/C20H20N2O3/c1-13-11-19(23)25-18-12-16(9-10-17(13)18)21-20(24)22(3)14(2)15-7-5-4-6-8-15/h4-12,14H,1-3H3,(H,21,24)/t14-/m1/s1. The molecule has 3 aromatic rings. The Morgan fingerprint density at radius 3 is 2.56 bits per heavy atom. The van der Waals surface area contributed by atoms with E-state index < -0.39 is 5.63 Å². The van der Waals surface area contributed by atoms with Gasteiger partial charge in [-0.1, -0.05) is 30.3 Å². The number of rotatable bonds is 3. The summed E-state index contributed by atoms with van der Waals surface area (Å²) < 4.78 is 5.22. The minimum absolute atomic E-state index is 0.0677. The number of carbonyl (C=O) groups is 1. The van der Waals surface area contributed by atoms with Gasteiger partial charge < -0.3 is 14.6 Å². The second-order valence-corrected chi connectivity index (χ2v) is 6.09. The molecule has 0 aliphatic heterocycles. The highest BCUT2D eigenvalue weighted by molar-refractivity contribution is 5.92. The number of fused-ring (bicyclic) bond motifs is 1. The summed E-state index contributed by atoms with van der Waals surface area (Å²) in [7, 11) is 1.75. The lowest BCUT2D eigenvalue weighted by Crippen LogP contribution is -2.33. The number of nitrogens with one attached hydrogen (secondary N) is 1. The molecule has 1 aromatic heterocycles. The molecule has 0 saturated carbocycles. The van der Waals surface area contributed by atoms with Crippen molar-refractivity contribution < 1.29 is 9.21 Å². The summed E-state index contributed by atoms with van der Waals surface area (Å²) in [5, 5.41) is 3.70. The highest BCUT2D eigenvalue weighted by Gasteiger charge is 2.17. The first-order valence-electron chi connectivity index (χ1n) is 8.09. The van der Waals surface area contributed by atoms with Crippen molar-refractivity contribution in [1.29, 1.82) is 0 Å². The third-order valence-electron chi connectivity index (χ3n) is 4.39. The molecule has 1 atom stereocenters. The molecule has 0 unspecified atom stereocenters. The van der Waals surface area contributed by atoms with Crippen LogP contribution < -0.4 is 10.9 Å². The molecule has 0 bridgehead atoms. The number of urea groups is 1. The fraction of sp³-hybridized carbons (Fsp3) is 0.200. The van der Waals surface area contributed by atoms with Crippen molar-refractivity contribution in [3.05, 3.63) is 76.1 Å². The van der Waals surface area contributed by atoms with E-state index in [9.17, 15) is 9.59 Å². The van der Waals surface area contributed by atoms with Gasteiger partial charge in [-0.25, -0.2) is 9.59 Å². The van der Waals surface area contributed by atoms with Crippen LogP contribution in [0.15, 0.2) is 63.8 Å². The predicted molar refractivity (Wildman–Crippen MR) is 98.9 cm³/mol. The molecule has 3 rings (SSSR count). The summed E-state index contributed by atoms with van der Waals surface area (Å²) in [5.41, 5.74) is 2.54. The molecule has 0 fully saturated rings. The Labute approximate surface area is 145 Å².